The molecular weight excluding hydrogens is 559 g/mol. The van der Waals surface area contributed by atoms with Crippen molar-refractivity contribution in [3.8, 4) is 45.6 Å². The van der Waals surface area contributed by atoms with E-state index in [-0.39, 0.29) is 22.6 Å². The number of aryl methyl sites for hydroxylation is 4. The van der Waals surface area contributed by atoms with Gasteiger partial charge in [-0.3, -0.25) is 0 Å². The molecular formula is C32H35FN8OSi. The van der Waals surface area contributed by atoms with Crippen LogP contribution >= 0.6 is 0 Å². The van der Waals surface area contributed by atoms with E-state index in [1.54, 1.807) is 24.4 Å². The van der Waals surface area contributed by atoms with E-state index in [0.717, 1.165) is 22.6 Å². The van der Waals surface area contributed by atoms with E-state index in [1.165, 1.54) is 12.4 Å². The van der Waals surface area contributed by atoms with E-state index in [2.05, 4.69) is 65.3 Å². The van der Waals surface area contributed by atoms with Crippen LogP contribution in [0.1, 0.15) is 43.7 Å². The Morgan fingerprint density at radius 2 is 1.65 bits per heavy atom. The molecule has 11 heteroatoms. The first-order chi connectivity index (χ1) is 20.2. The Labute approximate surface area is 251 Å². The molecule has 0 aliphatic heterocycles. The predicted molar refractivity (Wildman–Crippen MR) is 170 cm³/mol. The predicted octanol–water partition coefficient (Wildman–Crippen LogP) is 6.72. The van der Waals surface area contributed by atoms with Gasteiger partial charge in [0.2, 0.25) is 5.82 Å². The van der Waals surface area contributed by atoms with Crippen LogP contribution in [0.25, 0.3) is 33.4 Å². The number of hydrogen-bond acceptors (Lipinski definition) is 8. The van der Waals surface area contributed by atoms with Gasteiger partial charge in [-0.1, -0.05) is 39.9 Å². The number of nitrogens with two attached hydrogens (primary N) is 1. The maximum Gasteiger partial charge on any atom is 0.322 e. The zero-order chi connectivity index (χ0) is 31.3. The molecule has 0 fully saturated rings. The van der Waals surface area contributed by atoms with E-state index in [0.29, 0.717) is 33.7 Å². The van der Waals surface area contributed by atoms with Crippen LogP contribution < -0.4 is 10.5 Å². The monoisotopic (exact) mass is 594 g/mol. The van der Waals surface area contributed by atoms with Gasteiger partial charge >= 0.3 is 6.01 Å². The number of halogens is 1. The second-order valence-corrected chi connectivity index (χ2v) is 17.2. The molecule has 0 aliphatic carbocycles. The molecule has 2 N–H and O–H groups in total. The van der Waals surface area contributed by atoms with Crippen molar-refractivity contribution in [2.45, 2.75) is 59.7 Å². The third-order valence-electron chi connectivity index (χ3n) is 8.06. The summed E-state index contributed by atoms with van der Waals surface area (Å²) in [5.41, 5.74) is 15.5. The lowest BCUT2D eigenvalue weighted by Crippen LogP contribution is -2.35. The van der Waals surface area contributed by atoms with Crippen molar-refractivity contribution in [2.24, 2.45) is 7.05 Å². The van der Waals surface area contributed by atoms with Crippen molar-refractivity contribution in [1.82, 2.24) is 34.5 Å². The Morgan fingerprint density at radius 3 is 2.28 bits per heavy atom. The molecule has 1 aromatic carbocycles. The van der Waals surface area contributed by atoms with Crippen molar-refractivity contribution >= 4 is 24.9 Å². The molecule has 5 aromatic rings. The van der Waals surface area contributed by atoms with Gasteiger partial charge in [0.05, 0.1) is 22.5 Å². The number of anilines is 1. The number of benzene rings is 1. The minimum Gasteiger partial charge on any atom is -0.421 e. The van der Waals surface area contributed by atoms with Crippen LogP contribution in [0.2, 0.25) is 18.1 Å². The Hall–Kier alpha value is -4.69. The van der Waals surface area contributed by atoms with Crippen LogP contribution in [-0.2, 0) is 7.05 Å². The molecule has 0 saturated carbocycles. The first-order valence-electron chi connectivity index (χ1n) is 13.9. The van der Waals surface area contributed by atoms with Crippen molar-refractivity contribution in [3.05, 3.63) is 65.5 Å². The molecule has 4 aromatic heterocycles. The lowest BCUT2D eigenvalue weighted by atomic mass is 9.97. The van der Waals surface area contributed by atoms with Gasteiger partial charge in [0, 0.05) is 30.1 Å². The minimum atomic E-state index is -1.86. The maximum absolute atomic E-state index is 15.6. The number of nitrogens with zero attached hydrogens (tertiary/aromatic N) is 7. The normalized spacial score (nSPS) is 11.9. The number of fused-ring (bicyclic) bond motifs is 1. The van der Waals surface area contributed by atoms with Crippen LogP contribution in [0.4, 0.5) is 10.2 Å². The summed E-state index contributed by atoms with van der Waals surface area (Å²) in [5.74, 6) is 3.43. The standard InChI is InChI=1S/C32H35FN8OSi/c1-18-12-14-35-31(38-18)42-23-11-10-21(16-22(23)33)26-27-29(34)36-17-37-30(27)41(7)28(26)25-19(2)39-24(40-20(25)3)13-15-43(8,9)32(4,5)6/h10-12,14,16-17H,1-9H3,(H2,34,36,37). The molecule has 0 saturated heterocycles. The minimum absolute atomic E-state index is 0.000659. The largest absolute Gasteiger partial charge is 0.421 e. The molecule has 0 unspecified atom stereocenters. The SMILES string of the molecule is Cc1ccnc(Oc2ccc(-c3c(-c4c(C)nc(C#C[Si](C)(C)C(C)(C)C)nc4C)n(C)c4ncnc(N)c34)cc2F)n1. The fraction of sp³-hybridized carbons (Fsp3) is 0.312. The molecule has 4 heterocycles. The van der Waals surface area contributed by atoms with Gasteiger partial charge in [-0.2, -0.15) is 0 Å². The molecule has 9 nitrogen and oxygen atoms in total. The zero-order valence-electron chi connectivity index (χ0n) is 26.0. The number of hydrogen-bond donors (Lipinski definition) is 1. The van der Waals surface area contributed by atoms with E-state index in [1.807, 2.05) is 32.4 Å². The van der Waals surface area contributed by atoms with E-state index in [9.17, 15) is 0 Å². The third kappa shape index (κ3) is 5.58. The van der Waals surface area contributed by atoms with Crippen LogP contribution in [0.3, 0.4) is 0 Å². The summed E-state index contributed by atoms with van der Waals surface area (Å²) in [5, 5.41) is 0.724. The smallest absolute Gasteiger partial charge is 0.322 e. The highest BCUT2D eigenvalue weighted by Crippen LogP contribution is 2.44. The van der Waals surface area contributed by atoms with Crippen molar-refractivity contribution in [1.29, 1.82) is 0 Å². The van der Waals surface area contributed by atoms with Crippen LogP contribution in [0, 0.1) is 38.1 Å². The molecule has 0 spiro atoms. The highest BCUT2D eigenvalue weighted by atomic mass is 28.3. The Morgan fingerprint density at radius 1 is 0.953 bits per heavy atom. The van der Waals surface area contributed by atoms with Gasteiger partial charge in [0.1, 0.15) is 25.9 Å². The zero-order valence-corrected chi connectivity index (χ0v) is 27.0. The van der Waals surface area contributed by atoms with E-state index in [4.69, 9.17) is 20.4 Å². The fourth-order valence-corrected chi connectivity index (χ4v) is 5.48. The summed E-state index contributed by atoms with van der Waals surface area (Å²) >= 11 is 0. The second-order valence-electron chi connectivity index (χ2n) is 12.2. The lowest BCUT2D eigenvalue weighted by molar-refractivity contribution is 0.410. The van der Waals surface area contributed by atoms with E-state index >= 15 is 4.39 Å². The summed E-state index contributed by atoms with van der Waals surface area (Å²) in [4.78, 5) is 26.6. The Kier molecular flexibility index (Phi) is 7.52. The molecule has 5 rings (SSSR count). The first kappa shape index (κ1) is 29.8. The van der Waals surface area contributed by atoms with Gasteiger partial charge in [-0.05, 0) is 55.5 Å². The molecule has 0 amide bonds. The molecule has 0 aliphatic rings. The van der Waals surface area contributed by atoms with Gasteiger partial charge < -0.3 is 15.0 Å². The summed E-state index contributed by atoms with van der Waals surface area (Å²) in [6, 6.07) is 6.52. The third-order valence-corrected chi connectivity index (χ3v) is 12.6. The lowest BCUT2D eigenvalue weighted by Gasteiger charge is -2.31. The number of aromatic nitrogens is 7. The van der Waals surface area contributed by atoms with E-state index < -0.39 is 13.9 Å². The first-order valence-corrected chi connectivity index (χ1v) is 16.9. The average molecular weight is 595 g/mol. The number of ether oxygens (including phenoxy) is 1. The van der Waals surface area contributed by atoms with Gasteiger partial charge in [-0.25, -0.2) is 34.3 Å². The van der Waals surface area contributed by atoms with Gasteiger partial charge in [0.15, 0.2) is 11.6 Å². The van der Waals surface area contributed by atoms with Gasteiger partial charge in [0.25, 0.3) is 0 Å². The van der Waals surface area contributed by atoms with Crippen LogP contribution in [-0.4, -0.2) is 42.5 Å². The molecule has 0 radical (unpaired) electrons. The molecule has 0 bridgehead atoms. The number of rotatable bonds is 4. The molecule has 220 valence electrons. The van der Waals surface area contributed by atoms with Crippen molar-refractivity contribution < 1.29 is 9.13 Å². The Bertz CT molecular complexity index is 1930. The summed E-state index contributed by atoms with van der Waals surface area (Å²) in [6.45, 7) is 16.8. The van der Waals surface area contributed by atoms with Crippen molar-refractivity contribution in [3.63, 3.8) is 0 Å². The molecule has 0 atom stereocenters. The Balaban J connectivity index is 1.67. The maximum atomic E-state index is 15.6. The quantitative estimate of drug-likeness (QED) is 0.180. The number of nitrogen functional groups attached to an aromatic ring is 1. The summed E-state index contributed by atoms with van der Waals surface area (Å²) in [6.07, 6.45) is 2.98. The second kappa shape index (κ2) is 10.9. The average Bonchev–Trinajstić information content (AvgIpc) is 3.21. The highest BCUT2D eigenvalue weighted by molar-refractivity contribution is 6.87. The summed E-state index contributed by atoms with van der Waals surface area (Å²) in [7, 11) is 0.0331. The van der Waals surface area contributed by atoms with Crippen LogP contribution in [0.5, 0.6) is 11.8 Å². The molecule has 43 heavy (non-hydrogen) atoms. The fourth-order valence-electron chi connectivity index (χ4n) is 4.68. The van der Waals surface area contributed by atoms with Crippen molar-refractivity contribution in [2.75, 3.05) is 5.73 Å². The topological polar surface area (TPSA) is 118 Å². The highest BCUT2D eigenvalue weighted by Gasteiger charge is 2.34. The van der Waals surface area contributed by atoms with Gasteiger partial charge in [-0.15, -0.1) is 5.54 Å². The summed E-state index contributed by atoms with van der Waals surface area (Å²) < 4.78 is 23.1. The van der Waals surface area contributed by atoms with Crippen LogP contribution in [0.15, 0.2) is 36.8 Å².